The topological polar surface area (TPSA) is 71.0 Å². The summed E-state index contributed by atoms with van der Waals surface area (Å²) in [5.41, 5.74) is 13.8. The highest BCUT2D eigenvalue weighted by atomic mass is 15.3. The number of benzene rings is 6. The molecular formula is C60H57N7. The van der Waals surface area contributed by atoms with Gasteiger partial charge < -0.3 is 4.57 Å². The van der Waals surface area contributed by atoms with Crippen LogP contribution in [0.1, 0.15) is 59.9 Å². The number of aliphatic imine (C=N–C) groups is 3. The zero-order chi connectivity index (χ0) is 46.7. The molecule has 0 atom stereocenters. The van der Waals surface area contributed by atoms with E-state index in [4.69, 9.17) is 9.98 Å². The summed E-state index contributed by atoms with van der Waals surface area (Å²) in [5, 5.41) is 4.54. The van der Waals surface area contributed by atoms with E-state index in [2.05, 4.69) is 165 Å². The highest BCUT2D eigenvalue weighted by molar-refractivity contribution is 6.26. The number of fused-ring (bicyclic) bond motifs is 5. The monoisotopic (exact) mass is 875 g/mol. The zero-order valence-corrected chi connectivity index (χ0v) is 39.4. The van der Waals surface area contributed by atoms with E-state index in [1.165, 1.54) is 0 Å². The molecular weight excluding hydrogens is 819 g/mol. The van der Waals surface area contributed by atoms with Gasteiger partial charge in [-0.15, -0.1) is 0 Å². The number of hydrogen-bond acceptors (Lipinski definition) is 3. The molecule has 0 unspecified atom stereocenters. The molecule has 6 aromatic carbocycles. The molecule has 0 spiro atoms. The maximum absolute atomic E-state index is 5.38. The van der Waals surface area contributed by atoms with Gasteiger partial charge in [0, 0.05) is 68.9 Å². The number of aromatic nitrogens is 3. The molecule has 2 aliphatic rings. The van der Waals surface area contributed by atoms with E-state index in [1.807, 2.05) is 96.7 Å². The van der Waals surface area contributed by atoms with Crippen LogP contribution in [-0.4, -0.2) is 33.0 Å². The average Bonchev–Trinajstić information content (AvgIpc) is 3.74. The quantitative estimate of drug-likeness (QED) is 0.123. The Bertz CT molecular complexity index is 3270. The first-order chi connectivity index (χ1) is 33.2. The van der Waals surface area contributed by atoms with Crippen LogP contribution in [0.2, 0.25) is 0 Å². The Kier molecular flexibility index (Phi) is 14.5. The van der Waals surface area contributed by atoms with Crippen molar-refractivity contribution in [2.75, 3.05) is 4.90 Å². The molecule has 0 amide bonds. The fourth-order valence-corrected chi connectivity index (χ4v) is 8.91. The predicted octanol–water partition coefficient (Wildman–Crippen LogP) is 16.2. The number of amidine groups is 1. The molecule has 9 aromatic rings. The maximum Gasteiger partial charge on any atom is 0.232 e. The smallest absolute Gasteiger partial charge is 0.232 e. The van der Waals surface area contributed by atoms with Crippen molar-refractivity contribution < 1.29 is 0 Å². The predicted molar refractivity (Wildman–Crippen MR) is 287 cm³/mol. The summed E-state index contributed by atoms with van der Waals surface area (Å²) in [7, 11) is 0. The molecule has 11 rings (SSSR count). The van der Waals surface area contributed by atoms with Crippen molar-refractivity contribution >= 4 is 62.5 Å². The fourth-order valence-electron chi connectivity index (χ4n) is 8.91. The number of guanidine groups is 1. The third-order valence-corrected chi connectivity index (χ3v) is 11.7. The number of para-hydroxylation sites is 1. The molecule has 0 radical (unpaired) electrons. The van der Waals surface area contributed by atoms with Gasteiger partial charge in [-0.3, -0.25) is 14.9 Å². The van der Waals surface area contributed by atoms with E-state index in [9.17, 15) is 0 Å². The van der Waals surface area contributed by atoms with Gasteiger partial charge in [-0.25, -0.2) is 9.98 Å². The van der Waals surface area contributed by atoms with Crippen LogP contribution >= 0.6 is 0 Å². The first kappa shape index (κ1) is 45.5. The lowest BCUT2D eigenvalue weighted by Crippen LogP contribution is -2.28. The SMILES string of the molecule is C=N/C(=N\C(=NCc1ccccc1)N1c2cc3c(cc2-c2cccc4c(-c5cccnc5)ccc1c24)c1cc(-c2cccnc2)ccc1n3-c1ccccc1)C1=CCCC=C1.CC.CC.CC. The molecule has 7 heteroatoms. The molecule has 0 N–H and O–H groups in total. The van der Waals surface area contributed by atoms with Crippen molar-refractivity contribution in [3.63, 3.8) is 0 Å². The van der Waals surface area contributed by atoms with Crippen LogP contribution in [0.4, 0.5) is 11.4 Å². The minimum Gasteiger partial charge on any atom is -0.309 e. The van der Waals surface area contributed by atoms with E-state index in [0.29, 0.717) is 18.3 Å². The minimum absolute atomic E-state index is 0.424. The summed E-state index contributed by atoms with van der Waals surface area (Å²) in [4.78, 5) is 26.5. The third kappa shape index (κ3) is 8.88. The van der Waals surface area contributed by atoms with Crippen LogP contribution < -0.4 is 4.90 Å². The third-order valence-electron chi connectivity index (χ3n) is 11.7. The Labute approximate surface area is 395 Å². The van der Waals surface area contributed by atoms with E-state index in [1.54, 1.807) is 0 Å². The Balaban J connectivity index is 0.000000977. The van der Waals surface area contributed by atoms with Gasteiger partial charge in [0.1, 0.15) is 0 Å². The van der Waals surface area contributed by atoms with Gasteiger partial charge in [0.05, 0.1) is 29.0 Å². The minimum atomic E-state index is 0.424. The number of rotatable bonds is 6. The van der Waals surface area contributed by atoms with Crippen LogP contribution in [-0.2, 0) is 6.54 Å². The number of allylic oxidation sites excluding steroid dienone is 2. The lowest BCUT2D eigenvalue weighted by atomic mass is 9.87. The van der Waals surface area contributed by atoms with Gasteiger partial charge in [-0.05, 0) is 102 Å². The molecule has 0 fully saturated rings. The molecule has 0 bridgehead atoms. The van der Waals surface area contributed by atoms with Crippen molar-refractivity contribution in [1.29, 1.82) is 0 Å². The van der Waals surface area contributed by atoms with Crippen LogP contribution in [0.5, 0.6) is 0 Å². The molecule has 7 nitrogen and oxygen atoms in total. The van der Waals surface area contributed by atoms with Crippen LogP contribution in [0.15, 0.2) is 209 Å². The second kappa shape index (κ2) is 21.3. The van der Waals surface area contributed by atoms with E-state index in [0.717, 1.165) is 107 Å². The molecule has 1 aliphatic carbocycles. The van der Waals surface area contributed by atoms with Gasteiger partial charge in [0.15, 0.2) is 5.84 Å². The lowest BCUT2D eigenvalue weighted by molar-refractivity contribution is 1.03. The highest BCUT2D eigenvalue weighted by Gasteiger charge is 2.31. The van der Waals surface area contributed by atoms with Gasteiger partial charge in [-0.1, -0.05) is 151 Å². The summed E-state index contributed by atoms with van der Waals surface area (Å²) in [5.74, 6) is 1.06. The van der Waals surface area contributed by atoms with Crippen LogP contribution in [0.3, 0.4) is 0 Å². The van der Waals surface area contributed by atoms with E-state index >= 15 is 0 Å². The molecule has 332 valence electrons. The Hall–Kier alpha value is -8.03. The first-order valence-electron chi connectivity index (χ1n) is 23.6. The second-order valence-electron chi connectivity index (χ2n) is 15.3. The second-order valence-corrected chi connectivity index (χ2v) is 15.3. The summed E-state index contributed by atoms with van der Waals surface area (Å²) in [6, 6.07) is 51.6. The Morgan fingerprint density at radius 1 is 0.582 bits per heavy atom. The zero-order valence-electron chi connectivity index (χ0n) is 39.4. The Morgan fingerprint density at radius 3 is 1.99 bits per heavy atom. The summed E-state index contributed by atoms with van der Waals surface area (Å²) in [6.45, 7) is 16.4. The Morgan fingerprint density at radius 2 is 1.30 bits per heavy atom. The van der Waals surface area contributed by atoms with Crippen LogP contribution in [0.25, 0.3) is 71.6 Å². The van der Waals surface area contributed by atoms with Gasteiger partial charge in [0.2, 0.25) is 5.96 Å². The number of nitrogens with zero attached hydrogens (tertiary/aromatic N) is 7. The summed E-state index contributed by atoms with van der Waals surface area (Å²) < 4.78 is 2.37. The van der Waals surface area contributed by atoms with Crippen molar-refractivity contribution in [1.82, 2.24) is 14.5 Å². The average molecular weight is 876 g/mol. The summed E-state index contributed by atoms with van der Waals surface area (Å²) in [6.07, 6.45) is 15.8. The van der Waals surface area contributed by atoms with Crippen molar-refractivity contribution in [3.05, 3.63) is 200 Å². The standard InChI is InChI=1S/C54H39N7.3C2H6/c1-55-53(37-16-7-3-8-17-37)59-54(58-33-36-14-5-2-6-15-36)61-49-27-25-42(40-19-13-29-57-35-40)43-22-11-23-44(52(43)49)46-31-47-45-30-38(39-18-12-28-56-34-39)24-26-48(45)60(50(47)32-51(46)61)41-20-9-4-10-21-41;3*1-2/h2,4-7,9-32,34-35H,1,3,8,33H2;3*1-2H3/b58-54?,59-53-;;;. The molecule has 1 aliphatic heterocycles. The number of anilines is 2. The molecule has 3 aromatic heterocycles. The van der Waals surface area contributed by atoms with Crippen LogP contribution in [0, 0.1) is 0 Å². The van der Waals surface area contributed by atoms with Gasteiger partial charge in [0.25, 0.3) is 0 Å². The normalized spacial score (nSPS) is 12.8. The maximum atomic E-state index is 5.38. The summed E-state index contributed by atoms with van der Waals surface area (Å²) >= 11 is 0. The van der Waals surface area contributed by atoms with E-state index < -0.39 is 0 Å². The van der Waals surface area contributed by atoms with E-state index in [-0.39, 0.29) is 0 Å². The highest BCUT2D eigenvalue weighted by Crippen LogP contribution is 2.52. The van der Waals surface area contributed by atoms with Gasteiger partial charge >= 0.3 is 0 Å². The van der Waals surface area contributed by atoms with Crippen molar-refractivity contribution in [2.24, 2.45) is 15.0 Å². The number of hydrogen-bond donors (Lipinski definition) is 0. The van der Waals surface area contributed by atoms with Gasteiger partial charge in [-0.2, -0.15) is 4.99 Å². The molecule has 67 heavy (non-hydrogen) atoms. The number of pyridine rings is 2. The largest absolute Gasteiger partial charge is 0.309 e. The lowest BCUT2D eigenvalue weighted by Gasteiger charge is -2.33. The molecule has 0 saturated heterocycles. The molecule has 4 heterocycles. The molecule has 0 saturated carbocycles. The van der Waals surface area contributed by atoms with Crippen molar-refractivity contribution in [3.8, 4) is 39.1 Å². The first-order valence-corrected chi connectivity index (χ1v) is 23.6. The fraction of sp³-hybridized carbons (Fsp3) is 0.150. The van der Waals surface area contributed by atoms with Crippen molar-refractivity contribution in [2.45, 2.75) is 60.9 Å².